The predicted molar refractivity (Wildman–Crippen MR) is 156 cm³/mol. The van der Waals surface area contributed by atoms with E-state index >= 15 is 0 Å². The number of carbonyl (C=O) groups excluding carboxylic acids is 1. The highest BCUT2D eigenvalue weighted by atomic mass is 16.5. The lowest BCUT2D eigenvalue weighted by atomic mass is 9.85. The Balaban J connectivity index is 1.48. The van der Waals surface area contributed by atoms with Gasteiger partial charge in [-0.25, -0.2) is 4.79 Å². The molecule has 40 heavy (non-hydrogen) atoms. The van der Waals surface area contributed by atoms with Crippen LogP contribution in [0.5, 0.6) is 5.75 Å². The number of urea groups is 1. The Labute approximate surface area is 231 Å². The molecule has 0 bridgehead atoms. The SMILES string of the molecule is Cn1c(=O)c(C(c2ccccc2)c2[nH]c3ccccc3c2CCNC(=O)N2CCOCC2)c(O)c2ccccc21. The lowest BCUT2D eigenvalue weighted by molar-refractivity contribution is 0.0533. The topological polar surface area (TPSA) is 99.6 Å². The second kappa shape index (κ2) is 10.9. The van der Waals surface area contributed by atoms with E-state index < -0.39 is 5.92 Å². The number of H-pyrrole nitrogens is 1. The first-order valence-corrected chi connectivity index (χ1v) is 13.6. The highest BCUT2D eigenvalue weighted by molar-refractivity contribution is 5.88. The molecule has 1 saturated heterocycles. The quantitative estimate of drug-likeness (QED) is 0.298. The van der Waals surface area contributed by atoms with Gasteiger partial charge in [0.2, 0.25) is 0 Å². The van der Waals surface area contributed by atoms with Crippen LogP contribution in [0.15, 0.2) is 83.7 Å². The van der Waals surface area contributed by atoms with Crippen LogP contribution in [0.25, 0.3) is 21.8 Å². The van der Waals surface area contributed by atoms with Crippen molar-refractivity contribution in [3.05, 3.63) is 112 Å². The number of aromatic nitrogens is 2. The van der Waals surface area contributed by atoms with Gasteiger partial charge in [-0.2, -0.15) is 0 Å². The van der Waals surface area contributed by atoms with Crippen LogP contribution in [0.1, 0.15) is 28.3 Å². The maximum atomic E-state index is 13.9. The lowest BCUT2D eigenvalue weighted by Gasteiger charge is -2.27. The number of aromatic hydroxyl groups is 1. The fourth-order valence-corrected chi connectivity index (χ4v) is 5.80. The summed E-state index contributed by atoms with van der Waals surface area (Å²) >= 11 is 0. The number of morpholine rings is 1. The van der Waals surface area contributed by atoms with E-state index in [-0.39, 0.29) is 17.3 Å². The maximum Gasteiger partial charge on any atom is 0.317 e. The molecule has 1 unspecified atom stereocenters. The molecule has 3 aromatic carbocycles. The highest BCUT2D eigenvalue weighted by Gasteiger charge is 2.30. The van der Waals surface area contributed by atoms with Gasteiger partial charge in [-0.05, 0) is 35.7 Å². The molecule has 1 atom stereocenters. The summed E-state index contributed by atoms with van der Waals surface area (Å²) in [5.74, 6) is -0.570. The number of aromatic amines is 1. The number of nitrogens with zero attached hydrogens (tertiary/aromatic N) is 2. The molecule has 1 aliphatic rings. The first-order chi connectivity index (χ1) is 19.5. The molecule has 5 aromatic rings. The van der Waals surface area contributed by atoms with Crippen molar-refractivity contribution in [2.75, 3.05) is 32.8 Å². The molecule has 2 amide bonds. The molecule has 1 fully saturated rings. The predicted octanol–water partition coefficient (Wildman–Crippen LogP) is 4.49. The smallest absolute Gasteiger partial charge is 0.317 e. The molecule has 6 rings (SSSR count). The van der Waals surface area contributed by atoms with Gasteiger partial charge in [0.15, 0.2) is 0 Å². The number of pyridine rings is 1. The number of aryl methyl sites for hydroxylation is 1. The van der Waals surface area contributed by atoms with Crippen LogP contribution in [0, 0.1) is 0 Å². The Kier molecular flexibility index (Phi) is 7.00. The zero-order valence-electron chi connectivity index (χ0n) is 22.4. The number of para-hydroxylation sites is 2. The van der Waals surface area contributed by atoms with E-state index in [1.54, 1.807) is 16.5 Å². The average molecular weight is 537 g/mol. The zero-order chi connectivity index (χ0) is 27.6. The Morgan fingerprint density at radius 2 is 1.65 bits per heavy atom. The van der Waals surface area contributed by atoms with E-state index in [2.05, 4.69) is 16.4 Å². The van der Waals surface area contributed by atoms with Gasteiger partial charge >= 0.3 is 6.03 Å². The number of amides is 2. The number of fused-ring (bicyclic) bond motifs is 2. The number of hydrogen-bond donors (Lipinski definition) is 3. The molecule has 1 aliphatic heterocycles. The van der Waals surface area contributed by atoms with Crippen molar-refractivity contribution in [3.8, 4) is 5.75 Å². The fourth-order valence-electron chi connectivity index (χ4n) is 5.80. The summed E-state index contributed by atoms with van der Waals surface area (Å²) in [5.41, 5.74) is 4.38. The number of ether oxygens (including phenoxy) is 1. The summed E-state index contributed by atoms with van der Waals surface area (Å²) in [7, 11) is 1.74. The molecule has 3 N–H and O–H groups in total. The summed E-state index contributed by atoms with van der Waals surface area (Å²) in [6, 6.07) is 25.1. The van der Waals surface area contributed by atoms with Crippen molar-refractivity contribution >= 4 is 27.8 Å². The first kappa shape index (κ1) is 25.7. The van der Waals surface area contributed by atoms with Crippen LogP contribution in [-0.4, -0.2) is 58.4 Å². The van der Waals surface area contributed by atoms with Crippen LogP contribution in [0.3, 0.4) is 0 Å². The third-order valence-corrected chi connectivity index (χ3v) is 7.82. The third kappa shape index (κ3) is 4.60. The summed E-state index contributed by atoms with van der Waals surface area (Å²) < 4.78 is 6.97. The van der Waals surface area contributed by atoms with E-state index in [0.29, 0.717) is 55.7 Å². The van der Waals surface area contributed by atoms with Gasteiger partial charge in [-0.3, -0.25) is 4.79 Å². The van der Waals surface area contributed by atoms with Crippen LogP contribution >= 0.6 is 0 Å². The van der Waals surface area contributed by atoms with Gasteiger partial charge in [-0.15, -0.1) is 0 Å². The highest BCUT2D eigenvalue weighted by Crippen LogP contribution is 2.40. The van der Waals surface area contributed by atoms with Crippen LogP contribution in [0.4, 0.5) is 4.79 Å². The second-order valence-electron chi connectivity index (χ2n) is 10.1. The molecule has 8 nitrogen and oxygen atoms in total. The molecular formula is C32H32N4O4. The third-order valence-electron chi connectivity index (χ3n) is 7.82. The average Bonchev–Trinajstić information content (AvgIpc) is 3.36. The van der Waals surface area contributed by atoms with Gasteiger partial charge in [0.05, 0.1) is 30.2 Å². The normalized spacial score (nSPS) is 14.5. The van der Waals surface area contributed by atoms with Crippen molar-refractivity contribution in [3.63, 3.8) is 0 Å². The van der Waals surface area contributed by atoms with Gasteiger partial charge < -0.3 is 29.6 Å². The van der Waals surface area contributed by atoms with Crippen molar-refractivity contribution in [2.24, 2.45) is 7.05 Å². The minimum atomic E-state index is -0.554. The number of rotatable bonds is 6. The van der Waals surface area contributed by atoms with Gasteiger partial charge in [0, 0.05) is 48.7 Å². The van der Waals surface area contributed by atoms with E-state index in [4.69, 9.17) is 4.74 Å². The number of benzene rings is 3. The van der Waals surface area contributed by atoms with Crippen molar-refractivity contribution in [2.45, 2.75) is 12.3 Å². The largest absolute Gasteiger partial charge is 0.507 e. The van der Waals surface area contributed by atoms with Gasteiger partial charge in [-0.1, -0.05) is 60.7 Å². The Bertz CT molecular complexity index is 1740. The molecule has 0 radical (unpaired) electrons. The molecule has 0 aliphatic carbocycles. The maximum absolute atomic E-state index is 13.9. The molecule has 0 saturated carbocycles. The van der Waals surface area contributed by atoms with Crippen LogP contribution in [0.2, 0.25) is 0 Å². The van der Waals surface area contributed by atoms with E-state index in [9.17, 15) is 14.7 Å². The van der Waals surface area contributed by atoms with Gasteiger partial charge in [0.25, 0.3) is 5.56 Å². The van der Waals surface area contributed by atoms with E-state index in [1.807, 2.05) is 72.8 Å². The van der Waals surface area contributed by atoms with Crippen molar-refractivity contribution in [1.29, 1.82) is 0 Å². The molecular weight excluding hydrogens is 504 g/mol. The summed E-state index contributed by atoms with van der Waals surface area (Å²) in [6.45, 7) is 2.66. The van der Waals surface area contributed by atoms with E-state index in [0.717, 1.165) is 27.7 Å². The molecule has 204 valence electrons. The van der Waals surface area contributed by atoms with E-state index in [1.165, 1.54) is 0 Å². The standard InChI is InChI=1S/C32H32N4O4/c1-35-26-14-8-6-12-24(26)30(37)28(31(35)38)27(21-9-3-2-4-10-21)29-23(22-11-5-7-13-25(22)34-29)15-16-33-32(39)36-17-19-40-20-18-36/h2-14,27,34,37H,15-20H2,1H3,(H,33,39). The minimum Gasteiger partial charge on any atom is -0.507 e. The second-order valence-corrected chi connectivity index (χ2v) is 10.1. The zero-order valence-corrected chi connectivity index (χ0v) is 22.4. The molecule has 8 heteroatoms. The lowest BCUT2D eigenvalue weighted by Crippen LogP contribution is -2.46. The van der Waals surface area contributed by atoms with Crippen molar-refractivity contribution < 1.29 is 14.6 Å². The fraction of sp³-hybridized carbons (Fsp3) is 0.250. The summed E-state index contributed by atoms with van der Waals surface area (Å²) in [6.07, 6.45) is 0.549. The first-order valence-electron chi connectivity index (χ1n) is 13.6. The summed E-state index contributed by atoms with van der Waals surface area (Å²) in [4.78, 5) is 32.0. The van der Waals surface area contributed by atoms with Crippen LogP contribution in [-0.2, 0) is 18.2 Å². The minimum absolute atomic E-state index is 0.0159. The monoisotopic (exact) mass is 536 g/mol. The molecule has 2 aromatic heterocycles. The Hall–Kier alpha value is -4.56. The van der Waals surface area contributed by atoms with Crippen LogP contribution < -0.4 is 10.9 Å². The number of carbonyl (C=O) groups is 1. The Morgan fingerprint density at radius 3 is 2.42 bits per heavy atom. The summed E-state index contributed by atoms with van der Waals surface area (Å²) in [5, 5.41) is 16.3. The number of hydrogen-bond acceptors (Lipinski definition) is 4. The molecule has 3 heterocycles. The van der Waals surface area contributed by atoms with Crippen molar-refractivity contribution in [1.82, 2.24) is 19.8 Å². The Morgan fingerprint density at radius 1 is 0.975 bits per heavy atom. The number of nitrogens with one attached hydrogen (secondary N) is 2. The molecule has 0 spiro atoms. The van der Waals surface area contributed by atoms with Gasteiger partial charge in [0.1, 0.15) is 5.75 Å².